The lowest BCUT2D eigenvalue weighted by atomic mass is 9.86. The molecule has 82 valence electrons. The highest BCUT2D eigenvalue weighted by molar-refractivity contribution is 4.89. The summed E-state index contributed by atoms with van der Waals surface area (Å²) in [5.41, 5.74) is 5.82. The van der Waals surface area contributed by atoms with Gasteiger partial charge >= 0.3 is 0 Å². The molecule has 1 aliphatic heterocycles. The van der Waals surface area contributed by atoms with Gasteiger partial charge in [0.1, 0.15) is 0 Å². The van der Waals surface area contributed by atoms with Crippen LogP contribution in [0.3, 0.4) is 0 Å². The van der Waals surface area contributed by atoms with Crippen molar-refractivity contribution in [3.63, 3.8) is 0 Å². The van der Waals surface area contributed by atoms with Gasteiger partial charge in [-0.3, -0.25) is 0 Å². The van der Waals surface area contributed by atoms with E-state index in [1.165, 1.54) is 32.4 Å². The summed E-state index contributed by atoms with van der Waals surface area (Å²) in [5.74, 6) is 2.58. The zero-order valence-electron chi connectivity index (χ0n) is 9.58. The zero-order chi connectivity index (χ0) is 10.1. The van der Waals surface area contributed by atoms with Crippen LogP contribution in [0.1, 0.15) is 33.1 Å². The molecule has 2 fully saturated rings. The van der Waals surface area contributed by atoms with Crippen LogP contribution in [0.4, 0.5) is 0 Å². The van der Waals surface area contributed by atoms with Crippen molar-refractivity contribution in [2.45, 2.75) is 39.2 Å². The van der Waals surface area contributed by atoms with Crippen LogP contribution >= 0.6 is 0 Å². The first-order valence-electron chi connectivity index (χ1n) is 6.16. The maximum absolute atomic E-state index is 5.82. The third-order valence-corrected chi connectivity index (χ3v) is 4.33. The predicted octanol–water partition coefficient (Wildman–Crippen LogP) is 1.70. The molecule has 0 aromatic rings. The molecule has 2 nitrogen and oxygen atoms in total. The first-order valence-corrected chi connectivity index (χ1v) is 6.16. The van der Waals surface area contributed by atoms with Crippen LogP contribution in [0.2, 0.25) is 0 Å². The maximum Gasteiger partial charge on any atom is 0.00953 e. The Kier molecular flexibility index (Phi) is 3.13. The Labute approximate surface area is 87.8 Å². The highest BCUT2D eigenvalue weighted by atomic mass is 15.2. The van der Waals surface area contributed by atoms with Gasteiger partial charge in [-0.25, -0.2) is 0 Å². The minimum Gasteiger partial charge on any atom is -0.330 e. The number of nitrogens with zero attached hydrogens (tertiary/aromatic N) is 1. The van der Waals surface area contributed by atoms with E-state index in [4.69, 9.17) is 5.73 Å². The molecule has 2 rings (SSSR count). The van der Waals surface area contributed by atoms with E-state index in [0.29, 0.717) is 0 Å². The number of hydrogen-bond acceptors (Lipinski definition) is 2. The van der Waals surface area contributed by atoms with Gasteiger partial charge in [-0.05, 0) is 57.0 Å². The molecule has 0 bridgehead atoms. The molecule has 0 amide bonds. The molecule has 0 spiro atoms. The van der Waals surface area contributed by atoms with Gasteiger partial charge in [0.15, 0.2) is 0 Å². The Hall–Kier alpha value is -0.0800. The third kappa shape index (κ3) is 2.12. The molecular formula is C12H24N2. The highest BCUT2D eigenvalue weighted by Crippen LogP contribution is 2.37. The predicted molar refractivity (Wildman–Crippen MR) is 60.1 cm³/mol. The lowest BCUT2D eigenvalue weighted by Gasteiger charge is -2.40. The van der Waals surface area contributed by atoms with Crippen molar-refractivity contribution < 1.29 is 0 Å². The smallest absolute Gasteiger partial charge is 0.00953 e. The van der Waals surface area contributed by atoms with Crippen molar-refractivity contribution in [2.24, 2.45) is 23.5 Å². The van der Waals surface area contributed by atoms with Crippen molar-refractivity contribution >= 4 is 0 Å². The molecule has 3 unspecified atom stereocenters. The molecule has 0 radical (unpaired) electrons. The maximum atomic E-state index is 5.82. The molecule has 0 aromatic carbocycles. The number of hydrogen-bond donors (Lipinski definition) is 1. The molecule has 2 aliphatic rings. The standard InChI is InChI=1S/C12H24N2/c1-9-5-6-14(8-12(9)7-13)10(2)11-3-4-11/h9-12H,3-8,13H2,1-2H3. The molecular weight excluding hydrogens is 172 g/mol. The van der Waals surface area contributed by atoms with E-state index >= 15 is 0 Å². The van der Waals surface area contributed by atoms with Gasteiger partial charge in [0, 0.05) is 12.6 Å². The number of rotatable bonds is 3. The largest absolute Gasteiger partial charge is 0.330 e. The van der Waals surface area contributed by atoms with Crippen molar-refractivity contribution in [1.82, 2.24) is 4.90 Å². The Morgan fingerprint density at radius 3 is 2.64 bits per heavy atom. The first kappa shape index (κ1) is 10.4. The zero-order valence-corrected chi connectivity index (χ0v) is 9.58. The van der Waals surface area contributed by atoms with Gasteiger partial charge in [0.25, 0.3) is 0 Å². The molecule has 2 N–H and O–H groups in total. The molecule has 1 heterocycles. The average molecular weight is 196 g/mol. The van der Waals surface area contributed by atoms with Gasteiger partial charge in [-0.2, -0.15) is 0 Å². The second-order valence-corrected chi connectivity index (χ2v) is 5.33. The fourth-order valence-electron chi connectivity index (χ4n) is 2.73. The summed E-state index contributed by atoms with van der Waals surface area (Å²) in [5, 5.41) is 0. The lowest BCUT2D eigenvalue weighted by Crippen LogP contribution is -2.47. The van der Waals surface area contributed by atoms with Crippen LogP contribution in [0.15, 0.2) is 0 Å². The van der Waals surface area contributed by atoms with E-state index in [1.807, 2.05) is 0 Å². The molecule has 1 aliphatic carbocycles. The quantitative estimate of drug-likeness (QED) is 0.744. The SMILES string of the molecule is CC1CCN(C(C)C2CC2)CC1CN. The van der Waals surface area contributed by atoms with Gasteiger partial charge in [-0.1, -0.05) is 6.92 Å². The van der Waals surface area contributed by atoms with E-state index in [-0.39, 0.29) is 0 Å². The topological polar surface area (TPSA) is 29.3 Å². The summed E-state index contributed by atoms with van der Waals surface area (Å²) in [6.45, 7) is 8.18. The van der Waals surface area contributed by atoms with Crippen LogP contribution in [-0.4, -0.2) is 30.6 Å². The van der Waals surface area contributed by atoms with Gasteiger partial charge in [0.2, 0.25) is 0 Å². The summed E-state index contributed by atoms with van der Waals surface area (Å²) < 4.78 is 0. The minimum absolute atomic E-state index is 0.741. The van der Waals surface area contributed by atoms with Crippen molar-refractivity contribution in [2.75, 3.05) is 19.6 Å². The van der Waals surface area contributed by atoms with E-state index in [1.54, 1.807) is 0 Å². The van der Waals surface area contributed by atoms with E-state index < -0.39 is 0 Å². The Morgan fingerprint density at radius 1 is 1.36 bits per heavy atom. The average Bonchev–Trinajstić information content (AvgIpc) is 3.01. The molecule has 3 atom stereocenters. The fourth-order valence-corrected chi connectivity index (χ4v) is 2.73. The number of likely N-dealkylation sites (tertiary alicyclic amines) is 1. The van der Waals surface area contributed by atoms with Crippen LogP contribution in [0, 0.1) is 17.8 Å². The Morgan fingerprint density at radius 2 is 2.07 bits per heavy atom. The van der Waals surface area contributed by atoms with E-state index in [2.05, 4.69) is 18.7 Å². The van der Waals surface area contributed by atoms with Crippen LogP contribution in [-0.2, 0) is 0 Å². The lowest BCUT2D eigenvalue weighted by molar-refractivity contribution is 0.0887. The van der Waals surface area contributed by atoms with Gasteiger partial charge in [0.05, 0.1) is 0 Å². The monoisotopic (exact) mass is 196 g/mol. The van der Waals surface area contributed by atoms with Crippen LogP contribution < -0.4 is 5.73 Å². The first-order chi connectivity index (χ1) is 6.72. The number of piperidine rings is 1. The normalized spacial score (nSPS) is 37.1. The minimum atomic E-state index is 0.741. The summed E-state index contributed by atoms with van der Waals surface area (Å²) in [6.07, 6.45) is 4.26. The van der Waals surface area contributed by atoms with E-state index in [9.17, 15) is 0 Å². The summed E-state index contributed by atoms with van der Waals surface area (Å²) in [7, 11) is 0. The van der Waals surface area contributed by atoms with Crippen molar-refractivity contribution in [1.29, 1.82) is 0 Å². The fraction of sp³-hybridized carbons (Fsp3) is 1.00. The number of nitrogens with two attached hydrogens (primary N) is 1. The molecule has 1 saturated carbocycles. The molecule has 14 heavy (non-hydrogen) atoms. The van der Waals surface area contributed by atoms with Crippen molar-refractivity contribution in [3.05, 3.63) is 0 Å². The van der Waals surface area contributed by atoms with Gasteiger partial charge in [-0.15, -0.1) is 0 Å². The summed E-state index contributed by atoms with van der Waals surface area (Å²) in [4.78, 5) is 2.68. The Bertz CT molecular complexity index is 189. The summed E-state index contributed by atoms with van der Waals surface area (Å²) >= 11 is 0. The summed E-state index contributed by atoms with van der Waals surface area (Å²) in [6, 6.07) is 0.816. The second kappa shape index (κ2) is 4.19. The second-order valence-electron chi connectivity index (χ2n) is 5.33. The van der Waals surface area contributed by atoms with E-state index in [0.717, 1.165) is 30.3 Å². The molecule has 1 saturated heterocycles. The highest BCUT2D eigenvalue weighted by Gasteiger charge is 2.35. The van der Waals surface area contributed by atoms with Crippen LogP contribution in [0.25, 0.3) is 0 Å². The van der Waals surface area contributed by atoms with Gasteiger partial charge < -0.3 is 10.6 Å². The molecule has 2 heteroatoms. The Balaban J connectivity index is 1.88. The van der Waals surface area contributed by atoms with Crippen molar-refractivity contribution in [3.8, 4) is 0 Å². The third-order valence-electron chi connectivity index (χ3n) is 4.33. The molecule has 0 aromatic heterocycles. The van der Waals surface area contributed by atoms with Crippen LogP contribution in [0.5, 0.6) is 0 Å².